The highest BCUT2D eigenvalue weighted by Crippen LogP contribution is 2.33. The van der Waals surface area contributed by atoms with Crippen LogP contribution in [0.2, 0.25) is 0 Å². The molecule has 2 aromatic rings. The first-order chi connectivity index (χ1) is 16.2. The van der Waals surface area contributed by atoms with Crippen molar-refractivity contribution in [2.45, 2.75) is 70.6 Å². The highest BCUT2D eigenvalue weighted by Gasteiger charge is 2.11. The van der Waals surface area contributed by atoms with Crippen LogP contribution in [0.5, 0.6) is 17.2 Å². The molecule has 0 fully saturated rings. The molecule has 4 nitrogen and oxygen atoms in total. The van der Waals surface area contributed by atoms with Crippen LogP contribution in [0.3, 0.4) is 0 Å². The van der Waals surface area contributed by atoms with Gasteiger partial charge in [-0.25, -0.2) is 0 Å². The zero-order valence-corrected chi connectivity index (χ0v) is 20.8. The van der Waals surface area contributed by atoms with Crippen LogP contribution < -0.4 is 14.2 Å². The zero-order chi connectivity index (χ0) is 23.7. The Morgan fingerprint density at radius 1 is 0.606 bits per heavy atom. The Hall–Kier alpha value is -2.46. The average molecular weight is 455 g/mol. The molecule has 0 spiro atoms. The summed E-state index contributed by atoms with van der Waals surface area (Å²) in [6.45, 7) is 0.332. The number of aliphatic hydroxyl groups is 1. The average Bonchev–Trinajstić information content (AvgIpc) is 2.86. The molecule has 2 rings (SSSR count). The molecule has 182 valence electrons. The van der Waals surface area contributed by atoms with Crippen molar-refractivity contribution in [2.24, 2.45) is 0 Å². The second kappa shape index (κ2) is 16.2. The molecule has 0 aliphatic carbocycles. The highest BCUT2D eigenvalue weighted by molar-refractivity contribution is 5.72. The predicted octanol–water partition coefficient (Wildman–Crippen LogP) is 7.32. The van der Waals surface area contributed by atoms with Crippen LogP contribution in [0, 0.1) is 0 Å². The van der Waals surface area contributed by atoms with Gasteiger partial charge >= 0.3 is 0 Å². The molecule has 0 heterocycles. The van der Waals surface area contributed by atoms with Crippen molar-refractivity contribution >= 4 is 12.2 Å². The van der Waals surface area contributed by atoms with Crippen LogP contribution in [0.4, 0.5) is 0 Å². The minimum Gasteiger partial charge on any atom is -0.497 e. The van der Waals surface area contributed by atoms with Crippen LogP contribution in [0.25, 0.3) is 12.2 Å². The monoisotopic (exact) mass is 454 g/mol. The van der Waals surface area contributed by atoms with Gasteiger partial charge in [0.05, 0.1) is 21.3 Å². The summed E-state index contributed by atoms with van der Waals surface area (Å²) in [5, 5.41) is 8.81. The lowest BCUT2D eigenvalue weighted by molar-refractivity contribution is 0.282. The minimum absolute atomic E-state index is 0.332. The van der Waals surface area contributed by atoms with Gasteiger partial charge in [-0.05, 0) is 54.7 Å². The molecule has 0 aromatic heterocycles. The van der Waals surface area contributed by atoms with E-state index < -0.39 is 0 Å². The minimum atomic E-state index is 0.332. The first-order valence-corrected chi connectivity index (χ1v) is 12.4. The number of hydrogen-bond donors (Lipinski definition) is 1. The molecule has 0 amide bonds. The van der Waals surface area contributed by atoms with Gasteiger partial charge in [0.1, 0.15) is 17.2 Å². The Morgan fingerprint density at radius 3 is 1.58 bits per heavy atom. The van der Waals surface area contributed by atoms with Gasteiger partial charge in [0.15, 0.2) is 0 Å². The van der Waals surface area contributed by atoms with Crippen LogP contribution in [0.15, 0.2) is 36.4 Å². The number of rotatable bonds is 17. The quantitative estimate of drug-likeness (QED) is 0.201. The molecule has 0 unspecified atom stereocenters. The van der Waals surface area contributed by atoms with Crippen LogP contribution in [0.1, 0.15) is 80.9 Å². The van der Waals surface area contributed by atoms with E-state index in [0.29, 0.717) is 6.61 Å². The maximum absolute atomic E-state index is 8.81. The van der Waals surface area contributed by atoms with Gasteiger partial charge in [-0.2, -0.15) is 0 Å². The van der Waals surface area contributed by atoms with Gasteiger partial charge in [0.2, 0.25) is 0 Å². The van der Waals surface area contributed by atoms with E-state index in [2.05, 4.69) is 24.3 Å². The molecule has 0 aliphatic heterocycles. The SMILES string of the molecule is COc1ccc(/C=C/c2cc(OC)c(CCCCCCCCCCCCO)c(OC)c2)cc1. The third-order valence-corrected chi connectivity index (χ3v) is 6.05. The summed E-state index contributed by atoms with van der Waals surface area (Å²) in [4.78, 5) is 0. The normalized spacial score (nSPS) is 11.2. The topological polar surface area (TPSA) is 47.9 Å². The van der Waals surface area contributed by atoms with E-state index in [9.17, 15) is 0 Å². The van der Waals surface area contributed by atoms with Crippen molar-refractivity contribution in [3.05, 3.63) is 53.1 Å². The van der Waals surface area contributed by atoms with Gasteiger partial charge in [-0.3, -0.25) is 0 Å². The third kappa shape index (κ3) is 9.91. The summed E-state index contributed by atoms with van der Waals surface area (Å²) in [6, 6.07) is 12.2. The number of unbranched alkanes of at least 4 members (excludes halogenated alkanes) is 9. The standard InChI is InChI=1S/C29H42O4/c1-31-26-19-17-24(18-20-26)15-16-25-22-28(32-2)27(29(23-25)33-3)14-12-10-8-6-4-5-7-9-11-13-21-30/h15-20,22-23,30H,4-14,21H2,1-3H3/b16-15+. The summed E-state index contributed by atoms with van der Waals surface area (Å²) in [7, 11) is 5.14. The van der Waals surface area contributed by atoms with Crippen LogP contribution in [-0.2, 0) is 6.42 Å². The first-order valence-electron chi connectivity index (χ1n) is 12.4. The van der Waals surface area contributed by atoms with E-state index in [1.54, 1.807) is 21.3 Å². The Morgan fingerprint density at radius 2 is 1.09 bits per heavy atom. The predicted molar refractivity (Wildman–Crippen MR) is 138 cm³/mol. The van der Waals surface area contributed by atoms with Gasteiger partial charge in [0.25, 0.3) is 0 Å². The maximum Gasteiger partial charge on any atom is 0.126 e. The van der Waals surface area contributed by atoms with Crippen molar-refractivity contribution in [3.63, 3.8) is 0 Å². The molecule has 33 heavy (non-hydrogen) atoms. The first kappa shape index (κ1) is 26.8. The summed E-state index contributed by atoms with van der Waals surface area (Å²) in [5.41, 5.74) is 3.33. The zero-order valence-electron chi connectivity index (χ0n) is 20.8. The molecular weight excluding hydrogens is 412 g/mol. The molecule has 0 atom stereocenters. The Labute approximate surface area is 200 Å². The lowest BCUT2D eigenvalue weighted by atomic mass is 10.0. The van der Waals surface area contributed by atoms with E-state index in [1.165, 1.54) is 44.9 Å². The van der Waals surface area contributed by atoms with Gasteiger partial charge in [-0.1, -0.05) is 75.7 Å². The summed E-state index contributed by atoms with van der Waals surface area (Å²) < 4.78 is 16.7. The summed E-state index contributed by atoms with van der Waals surface area (Å²) in [6.07, 6.45) is 17.4. The Balaban J connectivity index is 1.83. The fourth-order valence-corrected chi connectivity index (χ4v) is 4.08. The molecule has 0 saturated carbocycles. The molecular formula is C29H42O4. The van der Waals surface area contributed by atoms with E-state index in [-0.39, 0.29) is 0 Å². The van der Waals surface area contributed by atoms with Crippen molar-refractivity contribution < 1.29 is 19.3 Å². The highest BCUT2D eigenvalue weighted by atomic mass is 16.5. The van der Waals surface area contributed by atoms with E-state index in [0.717, 1.165) is 59.6 Å². The van der Waals surface area contributed by atoms with Crippen molar-refractivity contribution in [1.82, 2.24) is 0 Å². The van der Waals surface area contributed by atoms with E-state index in [1.807, 2.05) is 24.3 Å². The lowest BCUT2D eigenvalue weighted by Gasteiger charge is -2.14. The van der Waals surface area contributed by atoms with Crippen LogP contribution in [-0.4, -0.2) is 33.0 Å². The van der Waals surface area contributed by atoms with Crippen molar-refractivity contribution in [3.8, 4) is 17.2 Å². The molecule has 0 aliphatic rings. The number of methoxy groups -OCH3 is 3. The van der Waals surface area contributed by atoms with E-state index in [4.69, 9.17) is 19.3 Å². The molecule has 0 saturated heterocycles. The van der Waals surface area contributed by atoms with Crippen molar-refractivity contribution in [2.75, 3.05) is 27.9 Å². The summed E-state index contributed by atoms with van der Waals surface area (Å²) in [5.74, 6) is 2.65. The lowest BCUT2D eigenvalue weighted by Crippen LogP contribution is -1.98. The molecule has 1 N–H and O–H groups in total. The Kier molecular flexibility index (Phi) is 13.2. The molecule has 0 bridgehead atoms. The number of hydrogen-bond acceptors (Lipinski definition) is 4. The number of benzene rings is 2. The third-order valence-electron chi connectivity index (χ3n) is 6.05. The van der Waals surface area contributed by atoms with Crippen LogP contribution >= 0.6 is 0 Å². The van der Waals surface area contributed by atoms with Gasteiger partial charge in [-0.15, -0.1) is 0 Å². The van der Waals surface area contributed by atoms with Crippen molar-refractivity contribution in [1.29, 1.82) is 0 Å². The van der Waals surface area contributed by atoms with E-state index >= 15 is 0 Å². The Bertz CT molecular complexity index is 786. The fourth-order valence-electron chi connectivity index (χ4n) is 4.08. The second-order valence-electron chi connectivity index (χ2n) is 8.52. The smallest absolute Gasteiger partial charge is 0.126 e. The largest absolute Gasteiger partial charge is 0.497 e. The molecule has 0 radical (unpaired) electrons. The molecule has 2 aromatic carbocycles. The number of aliphatic hydroxyl groups excluding tert-OH is 1. The molecule has 4 heteroatoms. The second-order valence-corrected chi connectivity index (χ2v) is 8.52. The van der Waals surface area contributed by atoms with Gasteiger partial charge < -0.3 is 19.3 Å². The van der Waals surface area contributed by atoms with Gasteiger partial charge in [0, 0.05) is 12.2 Å². The maximum atomic E-state index is 8.81. The summed E-state index contributed by atoms with van der Waals surface area (Å²) >= 11 is 0. The number of ether oxygens (including phenoxy) is 3. The fraction of sp³-hybridized carbons (Fsp3) is 0.517.